The number of nitrogens with zero attached hydrogens (tertiary/aromatic N) is 4. The van der Waals surface area contributed by atoms with Crippen molar-refractivity contribution >= 4 is 23.2 Å². The van der Waals surface area contributed by atoms with E-state index in [-0.39, 0.29) is 17.7 Å². The number of likely N-dealkylation sites (N-methyl/N-ethyl adjacent to an activating group) is 1. The summed E-state index contributed by atoms with van der Waals surface area (Å²) < 4.78 is 0. The fourth-order valence-corrected chi connectivity index (χ4v) is 5.55. The zero-order valence-corrected chi connectivity index (χ0v) is 20.3. The number of carbonyl (C=O) groups excluding carboxylic acids is 2. The topological polar surface area (TPSA) is 47.1 Å². The van der Waals surface area contributed by atoms with Crippen LogP contribution < -0.4 is 9.80 Å². The van der Waals surface area contributed by atoms with Crippen LogP contribution in [0.15, 0.2) is 48.5 Å². The van der Waals surface area contributed by atoms with Gasteiger partial charge in [0.25, 0.3) is 5.91 Å². The quantitative estimate of drug-likeness (QED) is 0.683. The number of rotatable bonds is 5. The molecule has 0 bridgehead atoms. The Morgan fingerprint density at radius 2 is 1.56 bits per heavy atom. The Kier molecular flexibility index (Phi) is 6.86. The molecular formula is C28H36N4O2. The smallest absolute Gasteiger partial charge is 0.253 e. The molecule has 2 aromatic carbocycles. The maximum absolute atomic E-state index is 13.3. The number of benzene rings is 2. The van der Waals surface area contributed by atoms with Crippen LogP contribution in [0.2, 0.25) is 0 Å². The second kappa shape index (κ2) is 10.2. The summed E-state index contributed by atoms with van der Waals surface area (Å²) >= 11 is 0. The normalized spacial score (nSPS) is 21.9. The van der Waals surface area contributed by atoms with Gasteiger partial charge in [-0.15, -0.1) is 0 Å². The third-order valence-corrected chi connectivity index (χ3v) is 7.69. The first-order valence-electron chi connectivity index (χ1n) is 12.8. The number of amides is 2. The molecule has 0 unspecified atom stereocenters. The van der Waals surface area contributed by atoms with E-state index in [1.54, 1.807) is 0 Å². The molecule has 0 aromatic heterocycles. The zero-order valence-electron chi connectivity index (χ0n) is 20.3. The third-order valence-electron chi connectivity index (χ3n) is 7.69. The minimum Gasteiger partial charge on any atom is -0.369 e. The van der Waals surface area contributed by atoms with Gasteiger partial charge in [-0.2, -0.15) is 0 Å². The Bertz CT molecular complexity index is 1010. The number of likely N-dealkylation sites (tertiary alicyclic amines) is 1. The fourth-order valence-electron chi connectivity index (χ4n) is 5.55. The Hall–Kier alpha value is -2.86. The summed E-state index contributed by atoms with van der Waals surface area (Å²) in [6.07, 6.45) is 5.03. The van der Waals surface area contributed by atoms with Crippen molar-refractivity contribution in [2.45, 2.75) is 32.1 Å². The molecule has 3 saturated heterocycles. The molecular weight excluding hydrogens is 424 g/mol. The van der Waals surface area contributed by atoms with Gasteiger partial charge in [0, 0.05) is 68.7 Å². The second-order valence-corrected chi connectivity index (χ2v) is 10.00. The van der Waals surface area contributed by atoms with Crippen LogP contribution in [0.4, 0.5) is 11.4 Å². The van der Waals surface area contributed by atoms with E-state index >= 15 is 0 Å². The number of piperazine rings is 1. The molecule has 0 aliphatic carbocycles. The van der Waals surface area contributed by atoms with Crippen LogP contribution in [0.5, 0.6) is 0 Å². The van der Waals surface area contributed by atoms with Gasteiger partial charge in [0.2, 0.25) is 5.91 Å². The Balaban J connectivity index is 1.24. The molecule has 1 atom stereocenters. The van der Waals surface area contributed by atoms with Crippen molar-refractivity contribution in [3.63, 3.8) is 0 Å². The van der Waals surface area contributed by atoms with Crippen LogP contribution >= 0.6 is 0 Å². The summed E-state index contributed by atoms with van der Waals surface area (Å²) in [5.74, 6) is 0.309. The van der Waals surface area contributed by atoms with Crippen molar-refractivity contribution < 1.29 is 9.59 Å². The SMILES string of the molecule is CN1CCN(c2ccccc2C[C@H]2CCN(c3ccc(C(=O)N4CCCCC4)cc3)C2=O)CC1. The van der Waals surface area contributed by atoms with E-state index in [1.807, 2.05) is 34.1 Å². The zero-order chi connectivity index (χ0) is 23.5. The van der Waals surface area contributed by atoms with Crippen molar-refractivity contribution in [3.8, 4) is 0 Å². The van der Waals surface area contributed by atoms with Crippen molar-refractivity contribution in [3.05, 3.63) is 59.7 Å². The lowest BCUT2D eigenvalue weighted by Gasteiger charge is -2.35. The minimum atomic E-state index is 0.00303. The van der Waals surface area contributed by atoms with Gasteiger partial charge in [-0.1, -0.05) is 18.2 Å². The highest BCUT2D eigenvalue weighted by atomic mass is 16.2. The average molecular weight is 461 g/mol. The van der Waals surface area contributed by atoms with Gasteiger partial charge >= 0.3 is 0 Å². The summed E-state index contributed by atoms with van der Waals surface area (Å²) in [4.78, 5) is 34.8. The molecule has 2 amide bonds. The monoisotopic (exact) mass is 460 g/mol. The molecule has 2 aromatic rings. The lowest BCUT2D eigenvalue weighted by atomic mass is 9.96. The Morgan fingerprint density at radius 1 is 0.853 bits per heavy atom. The molecule has 6 nitrogen and oxygen atoms in total. The first kappa shape index (κ1) is 22.9. The van der Waals surface area contributed by atoms with Crippen molar-refractivity contribution in [2.24, 2.45) is 5.92 Å². The predicted molar refractivity (Wildman–Crippen MR) is 137 cm³/mol. The molecule has 0 saturated carbocycles. The van der Waals surface area contributed by atoms with Gasteiger partial charge in [-0.25, -0.2) is 0 Å². The number of anilines is 2. The molecule has 180 valence electrons. The summed E-state index contributed by atoms with van der Waals surface area (Å²) in [6.45, 7) is 6.63. The molecule has 0 radical (unpaired) electrons. The highest BCUT2D eigenvalue weighted by molar-refractivity contribution is 5.99. The van der Waals surface area contributed by atoms with Crippen LogP contribution in [0.25, 0.3) is 0 Å². The molecule has 3 aliphatic heterocycles. The molecule has 0 spiro atoms. The maximum Gasteiger partial charge on any atom is 0.253 e. The molecule has 5 rings (SSSR count). The number of carbonyl (C=O) groups is 2. The van der Waals surface area contributed by atoms with Crippen LogP contribution in [0.1, 0.15) is 41.6 Å². The van der Waals surface area contributed by atoms with E-state index in [9.17, 15) is 9.59 Å². The van der Waals surface area contributed by atoms with E-state index in [2.05, 4.69) is 41.1 Å². The van der Waals surface area contributed by atoms with Crippen LogP contribution in [-0.4, -0.2) is 74.5 Å². The van der Waals surface area contributed by atoms with E-state index in [0.717, 1.165) is 82.7 Å². The van der Waals surface area contributed by atoms with Gasteiger partial charge in [-0.05, 0) is 75.0 Å². The number of piperidine rings is 1. The predicted octanol–water partition coefficient (Wildman–Crippen LogP) is 3.66. The van der Waals surface area contributed by atoms with Gasteiger partial charge < -0.3 is 19.6 Å². The van der Waals surface area contributed by atoms with Gasteiger partial charge in [0.1, 0.15) is 0 Å². The van der Waals surface area contributed by atoms with Gasteiger partial charge in [-0.3, -0.25) is 9.59 Å². The van der Waals surface area contributed by atoms with Crippen LogP contribution in [0.3, 0.4) is 0 Å². The van der Waals surface area contributed by atoms with E-state index in [1.165, 1.54) is 17.7 Å². The summed E-state index contributed by atoms with van der Waals surface area (Å²) in [5.41, 5.74) is 4.17. The molecule has 34 heavy (non-hydrogen) atoms. The lowest BCUT2D eigenvalue weighted by Crippen LogP contribution is -2.44. The van der Waals surface area contributed by atoms with E-state index < -0.39 is 0 Å². The van der Waals surface area contributed by atoms with Gasteiger partial charge in [0.05, 0.1) is 0 Å². The van der Waals surface area contributed by atoms with Crippen molar-refractivity contribution in [2.75, 3.05) is 62.7 Å². The summed E-state index contributed by atoms with van der Waals surface area (Å²) in [5, 5.41) is 0. The van der Waals surface area contributed by atoms with Gasteiger partial charge in [0.15, 0.2) is 0 Å². The fraction of sp³-hybridized carbons (Fsp3) is 0.500. The summed E-state index contributed by atoms with van der Waals surface area (Å²) in [6, 6.07) is 16.2. The standard InChI is InChI=1S/C28H36N4O2/c1-29-17-19-30(20-18-29)26-8-4-3-7-23(26)21-24-13-16-32(28(24)34)25-11-9-22(10-12-25)27(33)31-14-5-2-6-15-31/h3-4,7-12,24H,2,5-6,13-21H2,1H3/t24-/m1/s1. The molecule has 3 aliphatic rings. The first-order chi connectivity index (χ1) is 16.6. The highest BCUT2D eigenvalue weighted by Crippen LogP contribution is 2.31. The highest BCUT2D eigenvalue weighted by Gasteiger charge is 2.33. The number of hydrogen-bond acceptors (Lipinski definition) is 4. The first-order valence-corrected chi connectivity index (χ1v) is 12.8. The summed E-state index contributed by atoms with van der Waals surface area (Å²) in [7, 11) is 2.17. The van der Waals surface area contributed by atoms with E-state index in [0.29, 0.717) is 0 Å². The Labute approximate surface area is 203 Å². The van der Waals surface area contributed by atoms with Crippen molar-refractivity contribution in [1.82, 2.24) is 9.80 Å². The molecule has 3 heterocycles. The lowest BCUT2D eigenvalue weighted by molar-refractivity contribution is -0.120. The minimum absolute atomic E-state index is 0.00303. The second-order valence-electron chi connectivity index (χ2n) is 10.00. The maximum atomic E-state index is 13.3. The Morgan fingerprint density at radius 3 is 2.29 bits per heavy atom. The molecule has 3 fully saturated rings. The molecule has 0 N–H and O–H groups in total. The van der Waals surface area contributed by atoms with E-state index in [4.69, 9.17) is 0 Å². The number of hydrogen-bond donors (Lipinski definition) is 0. The van der Waals surface area contributed by atoms with Crippen LogP contribution in [0, 0.1) is 5.92 Å². The number of para-hydroxylation sites is 1. The third kappa shape index (κ3) is 4.83. The van der Waals surface area contributed by atoms with Crippen LogP contribution in [-0.2, 0) is 11.2 Å². The largest absolute Gasteiger partial charge is 0.369 e. The van der Waals surface area contributed by atoms with Crippen molar-refractivity contribution in [1.29, 1.82) is 0 Å². The molecule has 6 heteroatoms. The average Bonchev–Trinajstić information content (AvgIpc) is 3.25.